The third-order valence-electron chi connectivity index (χ3n) is 6.47. The number of carbonyl (C=O) groups excluding carboxylic acids is 1. The van der Waals surface area contributed by atoms with Crippen LogP contribution >= 0.6 is 0 Å². The van der Waals surface area contributed by atoms with E-state index in [1.165, 1.54) is 29.1 Å². The van der Waals surface area contributed by atoms with Crippen molar-refractivity contribution in [1.82, 2.24) is 5.32 Å². The van der Waals surface area contributed by atoms with Gasteiger partial charge in [0.05, 0.1) is 18.0 Å². The van der Waals surface area contributed by atoms with Crippen molar-refractivity contribution in [2.24, 2.45) is 5.92 Å². The van der Waals surface area contributed by atoms with Gasteiger partial charge in [-0.2, -0.15) is 0 Å². The Morgan fingerprint density at radius 1 is 1.12 bits per heavy atom. The van der Waals surface area contributed by atoms with E-state index in [1.807, 2.05) is 32.0 Å². The van der Waals surface area contributed by atoms with Crippen molar-refractivity contribution < 1.29 is 13.2 Å². The largest absolute Gasteiger partial charge is 0.372 e. The summed E-state index contributed by atoms with van der Waals surface area (Å²) in [5.74, 6) is 0.729. The van der Waals surface area contributed by atoms with Crippen LogP contribution in [0.4, 0.5) is 11.4 Å². The third kappa shape index (κ3) is 6.97. The van der Waals surface area contributed by atoms with Crippen molar-refractivity contribution in [3.63, 3.8) is 0 Å². The number of anilines is 2. The van der Waals surface area contributed by atoms with E-state index in [9.17, 15) is 13.2 Å². The first-order valence-electron chi connectivity index (χ1n) is 11.8. The first kappa shape index (κ1) is 25.1. The minimum atomic E-state index is -3.42. The van der Waals surface area contributed by atoms with E-state index >= 15 is 0 Å². The number of sulfonamides is 1. The second-order valence-electron chi connectivity index (χ2n) is 9.28. The molecular formula is C26H37N3O3S. The molecule has 1 heterocycles. The highest BCUT2D eigenvalue weighted by Gasteiger charge is 2.20. The van der Waals surface area contributed by atoms with Crippen molar-refractivity contribution in [2.45, 2.75) is 52.5 Å². The van der Waals surface area contributed by atoms with E-state index in [0.29, 0.717) is 12.1 Å². The molecule has 1 amide bonds. The average molecular weight is 472 g/mol. The van der Waals surface area contributed by atoms with Gasteiger partial charge in [0.25, 0.3) is 0 Å². The molecule has 1 N–H and O–H groups in total. The number of piperidine rings is 1. The molecular weight excluding hydrogens is 434 g/mol. The molecule has 6 nitrogen and oxygen atoms in total. The Hall–Kier alpha value is -2.54. The summed E-state index contributed by atoms with van der Waals surface area (Å²) in [5, 5.41) is 3.04. The molecule has 1 atom stereocenters. The smallest absolute Gasteiger partial charge is 0.232 e. The second kappa shape index (κ2) is 11.1. The molecule has 0 saturated carbocycles. The van der Waals surface area contributed by atoms with Gasteiger partial charge in [-0.25, -0.2) is 8.42 Å². The topological polar surface area (TPSA) is 69.7 Å². The van der Waals surface area contributed by atoms with Gasteiger partial charge in [0.1, 0.15) is 0 Å². The molecule has 1 fully saturated rings. The summed E-state index contributed by atoms with van der Waals surface area (Å²) in [6.07, 6.45) is 4.39. The van der Waals surface area contributed by atoms with Crippen LogP contribution < -0.4 is 14.5 Å². The van der Waals surface area contributed by atoms with Gasteiger partial charge < -0.3 is 10.2 Å². The molecule has 7 heteroatoms. The molecule has 0 bridgehead atoms. The number of nitrogens with zero attached hydrogens (tertiary/aromatic N) is 2. The monoisotopic (exact) mass is 471 g/mol. The van der Waals surface area contributed by atoms with Gasteiger partial charge in [0.15, 0.2) is 0 Å². The second-order valence-corrected chi connectivity index (χ2v) is 11.2. The number of hydrogen-bond acceptors (Lipinski definition) is 4. The first-order chi connectivity index (χ1) is 15.6. The van der Waals surface area contributed by atoms with Gasteiger partial charge >= 0.3 is 0 Å². The van der Waals surface area contributed by atoms with Gasteiger partial charge in [0.2, 0.25) is 15.9 Å². The number of amides is 1. The fourth-order valence-corrected chi connectivity index (χ4v) is 5.35. The van der Waals surface area contributed by atoms with Crippen molar-refractivity contribution in [3.8, 4) is 0 Å². The summed E-state index contributed by atoms with van der Waals surface area (Å²) >= 11 is 0. The van der Waals surface area contributed by atoms with Crippen LogP contribution in [-0.2, 0) is 14.8 Å². The SMILES string of the molecule is Cc1ccccc1N(CCCC(=O)N[C@@H](C)c1ccc(N2CCC(C)CC2)cc1)S(C)(=O)=O. The standard InChI is InChI=1S/C26H37N3O3S/c1-20-15-18-28(19-16-20)24-13-11-23(12-14-24)22(3)27-26(30)10-7-17-29(33(4,31)32)25-9-6-5-8-21(25)2/h5-6,8-9,11-14,20,22H,7,10,15-19H2,1-4H3,(H,27,30)/t22-/m0/s1. The van der Waals surface area contributed by atoms with Crippen LogP contribution in [0.1, 0.15) is 56.7 Å². The molecule has 2 aromatic carbocycles. The van der Waals surface area contributed by atoms with Crippen LogP contribution in [-0.4, -0.2) is 40.2 Å². The average Bonchev–Trinajstić information content (AvgIpc) is 2.77. The number of benzene rings is 2. The van der Waals surface area contributed by atoms with E-state index < -0.39 is 10.0 Å². The van der Waals surface area contributed by atoms with Crippen LogP contribution in [0, 0.1) is 12.8 Å². The lowest BCUT2D eigenvalue weighted by atomic mass is 9.98. The van der Waals surface area contributed by atoms with Gasteiger partial charge in [-0.3, -0.25) is 9.10 Å². The highest BCUT2D eigenvalue weighted by molar-refractivity contribution is 7.92. The fourth-order valence-electron chi connectivity index (χ4n) is 4.33. The Bertz CT molecular complexity index is 1030. The van der Waals surface area contributed by atoms with Gasteiger partial charge in [-0.05, 0) is 68.4 Å². The summed E-state index contributed by atoms with van der Waals surface area (Å²) in [6.45, 7) is 8.64. The molecule has 180 valence electrons. The molecule has 1 aliphatic heterocycles. The van der Waals surface area contributed by atoms with Crippen LogP contribution in [0.2, 0.25) is 0 Å². The number of hydrogen-bond donors (Lipinski definition) is 1. The molecule has 0 spiro atoms. The summed E-state index contributed by atoms with van der Waals surface area (Å²) < 4.78 is 26.0. The number of carbonyl (C=O) groups is 1. The van der Waals surface area contributed by atoms with Gasteiger partial charge in [-0.1, -0.05) is 37.3 Å². The van der Waals surface area contributed by atoms with Crippen LogP contribution in [0.3, 0.4) is 0 Å². The summed E-state index contributed by atoms with van der Waals surface area (Å²) in [6, 6.07) is 15.7. The van der Waals surface area contributed by atoms with Gasteiger partial charge in [0, 0.05) is 31.7 Å². The molecule has 0 aromatic heterocycles. The highest BCUT2D eigenvalue weighted by Crippen LogP contribution is 2.25. The van der Waals surface area contributed by atoms with Crippen molar-refractivity contribution in [1.29, 1.82) is 0 Å². The van der Waals surface area contributed by atoms with Gasteiger partial charge in [-0.15, -0.1) is 0 Å². The van der Waals surface area contributed by atoms with Crippen LogP contribution in [0.25, 0.3) is 0 Å². The van der Waals surface area contributed by atoms with Crippen LogP contribution in [0.5, 0.6) is 0 Å². The quantitative estimate of drug-likeness (QED) is 0.578. The molecule has 3 rings (SSSR count). The highest BCUT2D eigenvalue weighted by atomic mass is 32.2. The maximum Gasteiger partial charge on any atom is 0.232 e. The zero-order valence-corrected chi connectivity index (χ0v) is 21.1. The molecule has 33 heavy (non-hydrogen) atoms. The Morgan fingerprint density at radius 2 is 1.76 bits per heavy atom. The van der Waals surface area contributed by atoms with E-state index in [2.05, 4.69) is 41.4 Å². The fraction of sp³-hybridized carbons (Fsp3) is 0.500. The number of aryl methyl sites for hydroxylation is 1. The molecule has 0 unspecified atom stereocenters. The molecule has 1 aliphatic rings. The molecule has 1 saturated heterocycles. The summed E-state index contributed by atoms with van der Waals surface area (Å²) in [5.41, 5.74) is 3.86. The lowest BCUT2D eigenvalue weighted by molar-refractivity contribution is -0.121. The number of nitrogens with one attached hydrogen (secondary N) is 1. The number of rotatable bonds is 9. The molecule has 0 aliphatic carbocycles. The molecule has 2 aromatic rings. The minimum absolute atomic E-state index is 0.0742. The minimum Gasteiger partial charge on any atom is -0.372 e. The first-order valence-corrected chi connectivity index (χ1v) is 13.7. The zero-order chi connectivity index (χ0) is 24.0. The Morgan fingerprint density at radius 3 is 2.36 bits per heavy atom. The van der Waals surface area contributed by atoms with Crippen molar-refractivity contribution in [2.75, 3.05) is 35.1 Å². The van der Waals surface area contributed by atoms with Crippen molar-refractivity contribution in [3.05, 3.63) is 59.7 Å². The zero-order valence-electron chi connectivity index (χ0n) is 20.3. The Labute approximate surface area is 199 Å². The predicted octanol–water partition coefficient (Wildman–Crippen LogP) is 4.65. The van der Waals surface area contributed by atoms with E-state index in [0.717, 1.165) is 30.1 Å². The van der Waals surface area contributed by atoms with Crippen molar-refractivity contribution >= 4 is 27.3 Å². The lowest BCUT2D eigenvalue weighted by Crippen LogP contribution is -2.33. The van der Waals surface area contributed by atoms with E-state index in [-0.39, 0.29) is 24.9 Å². The summed E-state index contributed by atoms with van der Waals surface area (Å²) in [7, 11) is -3.42. The third-order valence-corrected chi connectivity index (χ3v) is 7.65. The maximum absolute atomic E-state index is 12.5. The van der Waals surface area contributed by atoms with Crippen LogP contribution in [0.15, 0.2) is 48.5 Å². The Kier molecular flexibility index (Phi) is 8.40. The number of para-hydroxylation sites is 1. The maximum atomic E-state index is 12.5. The van der Waals surface area contributed by atoms with E-state index in [4.69, 9.17) is 0 Å². The lowest BCUT2D eigenvalue weighted by Gasteiger charge is -2.32. The molecule has 0 radical (unpaired) electrons. The Balaban J connectivity index is 1.51. The normalized spacial score (nSPS) is 15.8. The summed E-state index contributed by atoms with van der Waals surface area (Å²) in [4.78, 5) is 14.9. The predicted molar refractivity (Wildman–Crippen MR) is 136 cm³/mol. The van der Waals surface area contributed by atoms with E-state index in [1.54, 1.807) is 6.07 Å².